The van der Waals surface area contributed by atoms with Crippen molar-refractivity contribution in [2.45, 2.75) is 32.9 Å². The van der Waals surface area contributed by atoms with Gasteiger partial charge in [-0.1, -0.05) is 0 Å². The molecule has 2 N–H and O–H groups in total. The number of carbonyl (C=O) groups excluding carboxylic acids is 1. The third kappa shape index (κ3) is 3.15. The zero-order valence-corrected chi connectivity index (χ0v) is 12.1. The van der Waals surface area contributed by atoms with Gasteiger partial charge in [0.2, 0.25) is 5.91 Å². The van der Waals surface area contributed by atoms with Gasteiger partial charge in [0, 0.05) is 30.9 Å². The molecule has 0 radical (unpaired) electrons. The lowest BCUT2D eigenvalue weighted by Gasteiger charge is -2.32. The van der Waals surface area contributed by atoms with Crippen molar-refractivity contribution in [2.24, 2.45) is 0 Å². The molecule has 1 aliphatic heterocycles. The van der Waals surface area contributed by atoms with Crippen molar-refractivity contribution in [1.29, 1.82) is 0 Å². The van der Waals surface area contributed by atoms with Gasteiger partial charge in [-0.2, -0.15) is 0 Å². The lowest BCUT2D eigenvalue weighted by molar-refractivity contribution is -0.158. The van der Waals surface area contributed by atoms with Crippen molar-refractivity contribution in [3.8, 4) is 0 Å². The summed E-state index contributed by atoms with van der Waals surface area (Å²) in [6.45, 7) is 4.42. The number of carbonyl (C=O) groups is 2. The Bertz CT molecular complexity index is 603. The van der Waals surface area contributed by atoms with E-state index in [0.717, 1.165) is 11.4 Å². The first-order valence-corrected chi connectivity index (χ1v) is 6.78. The molecule has 2 rings (SSSR count). The minimum absolute atomic E-state index is 0.00329. The number of imidazole rings is 1. The number of aliphatic carboxylic acids is 1. The predicted octanol–water partition coefficient (Wildman–Crippen LogP) is -0.505. The smallest absolute Gasteiger partial charge is 0.328 e. The van der Waals surface area contributed by atoms with E-state index in [1.165, 1.54) is 9.47 Å². The Morgan fingerprint density at radius 1 is 1.43 bits per heavy atom. The quantitative estimate of drug-likeness (QED) is 0.779. The molecule has 1 atom stereocenters. The molecule has 1 aliphatic rings. The van der Waals surface area contributed by atoms with Gasteiger partial charge < -0.3 is 19.7 Å². The van der Waals surface area contributed by atoms with E-state index >= 15 is 0 Å². The minimum atomic E-state index is -1.08. The number of morpholine rings is 1. The number of rotatable bonds is 4. The molecule has 21 heavy (non-hydrogen) atoms. The number of ether oxygens (including phenoxy) is 1. The van der Waals surface area contributed by atoms with Crippen LogP contribution in [0, 0.1) is 13.8 Å². The summed E-state index contributed by atoms with van der Waals surface area (Å²) >= 11 is 0. The van der Waals surface area contributed by atoms with Crippen molar-refractivity contribution in [3.63, 3.8) is 0 Å². The van der Waals surface area contributed by atoms with Crippen LogP contribution in [0.2, 0.25) is 0 Å². The highest BCUT2D eigenvalue weighted by molar-refractivity contribution is 5.83. The zero-order chi connectivity index (χ0) is 15.6. The molecule has 8 heteroatoms. The number of carboxylic acid groups (broad SMARTS) is 1. The third-order valence-corrected chi connectivity index (χ3v) is 3.77. The van der Waals surface area contributed by atoms with E-state index < -0.39 is 12.0 Å². The summed E-state index contributed by atoms with van der Waals surface area (Å²) in [6.07, 6.45) is 0.0851. The maximum absolute atomic E-state index is 12.2. The van der Waals surface area contributed by atoms with Crippen LogP contribution < -0.4 is 5.69 Å². The normalized spacial score (nSPS) is 18.8. The lowest BCUT2D eigenvalue weighted by atomic mass is 10.2. The van der Waals surface area contributed by atoms with Crippen molar-refractivity contribution < 1.29 is 19.4 Å². The summed E-state index contributed by atoms with van der Waals surface area (Å²) in [5.41, 5.74) is 1.29. The van der Waals surface area contributed by atoms with Crippen LogP contribution in [0.3, 0.4) is 0 Å². The summed E-state index contributed by atoms with van der Waals surface area (Å²) in [5.74, 6) is -1.36. The Morgan fingerprint density at radius 3 is 2.71 bits per heavy atom. The van der Waals surface area contributed by atoms with Crippen LogP contribution in [-0.4, -0.2) is 57.2 Å². The van der Waals surface area contributed by atoms with Gasteiger partial charge in [0.05, 0.1) is 13.2 Å². The molecule has 0 spiro atoms. The summed E-state index contributed by atoms with van der Waals surface area (Å²) in [7, 11) is 0. The van der Waals surface area contributed by atoms with Gasteiger partial charge in [-0.25, -0.2) is 9.59 Å². The standard InChI is InChI=1S/C13H19N3O5/c1-8-9(2)15(13(20)14-8)4-3-11(17)16-5-6-21-7-10(16)12(18)19/h10H,3-7H2,1-2H3,(H,14,20)(H,18,19). The number of H-pyrrole nitrogens is 1. The predicted molar refractivity (Wildman–Crippen MR) is 73.1 cm³/mol. The molecular weight excluding hydrogens is 278 g/mol. The molecule has 2 heterocycles. The molecule has 1 unspecified atom stereocenters. The Balaban J connectivity index is 2.04. The molecule has 0 aromatic carbocycles. The number of aryl methyl sites for hydroxylation is 1. The molecule has 1 saturated heterocycles. The Labute approximate surface area is 121 Å². The van der Waals surface area contributed by atoms with Crippen LogP contribution in [0.4, 0.5) is 0 Å². The fourth-order valence-corrected chi connectivity index (χ4v) is 2.40. The SMILES string of the molecule is Cc1[nH]c(=O)n(CCC(=O)N2CCOCC2C(=O)O)c1C. The zero-order valence-electron chi connectivity index (χ0n) is 12.1. The second kappa shape index (κ2) is 6.13. The van der Waals surface area contributed by atoms with Gasteiger partial charge in [0.15, 0.2) is 6.04 Å². The molecule has 1 aromatic rings. The maximum Gasteiger partial charge on any atom is 0.328 e. The number of carboxylic acids is 1. The first-order chi connectivity index (χ1) is 9.91. The fraction of sp³-hybridized carbons (Fsp3) is 0.615. The lowest BCUT2D eigenvalue weighted by Crippen LogP contribution is -2.52. The fourth-order valence-electron chi connectivity index (χ4n) is 2.40. The molecule has 0 saturated carbocycles. The van der Waals surface area contributed by atoms with Crippen molar-refractivity contribution >= 4 is 11.9 Å². The number of nitrogens with zero attached hydrogens (tertiary/aromatic N) is 2. The number of hydrogen-bond donors (Lipinski definition) is 2. The summed E-state index contributed by atoms with van der Waals surface area (Å²) in [4.78, 5) is 39.0. The third-order valence-electron chi connectivity index (χ3n) is 3.77. The highest BCUT2D eigenvalue weighted by Crippen LogP contribution is 2.10. The summed E-state index contributed by atoms with van der Waals surface area (Å²) in [6, 6.07) is -0.947. The van der Waals surface area contributed by atoms with Crippen LogP contribution in [0.25, 0.3) is 0 Å². The van der Waals surface area contributed by atoms with Crippen molar-refractivity contribution in [3.05, 3.63) is 21.9 Å². The largest absolute Gasteiger partial charge is 0.480 e. The number of aromatic amines is 1. The first-order valence-electron chi connectivity index (χ1n) is 6.78. The average molecular weight is 297 g/mol. The average Bonchev–Trinajstić information content (AvgIpc) is 2.70. The second-order valence-electron chi connectivity index (χ2n) is 5.06. The summed E-state index contributed by atoms with van der Waals surface area (Å²) in [5, 5.41) is 9.10. The van der Waals surface area contributed by atoms with Gasteiger partial charge in [-0.15, -0.1) is 0 Å². The van der Waals surface area contributed by atoms with Gasteiger partial charge in [0.25, 0.3) is 0 Å². The van der Waals surface area contributed by atoms with Gasteiger partial charge in [-0.05, 0) is 13.8 Å². The van der Waals surface area contributed by atoms with E-state index in [9.17, 15) is 14.4 Å². The molecule has 1 fully saturated rings. The number of hydrogen-bond acceptors (Lipinski definition) is 4. The van der Waals surface area contributed by atoms with E-state index in [2.05, 4.69) is 4.98 Å². The van der Waals surface area contributed by atoms with Crippen LogP contribution in [-0.2, 0) is 20.9 Å². The van der Waals surface area contributed by atoms with Crippen LogP contribution in [0.1, 0.15) is 17.8 Å². The molecule has 0 bridgehead atoms. The molecule has 0 aliphatic carbocycles. The van der Waals surface area contributed by atoms with Gasteiger partial charge >= 0.3 is 11.7 Å². The van der Waals surface area contributed by atoms with E-state index in [1.807, 2.05) is 0 Å². The van der Waals surface area contributed by atoms with Crippen LogP contribution in [0.15, 0.2) is 4.79 Å². The summed E-state index contributed by atoms with van der Waals surface area (Å²) < 4.78 is 6.58. The number of amides is 1. The van der Waals surface area contributed by atoms with E-state index in [1.54, 1.807) is 13.8 Å². The van der Waals surface area contributed by atoms with E-state index in [4.69, 9.17) is 9.84 Å². The molecular formula is C13H19N3O5. The highest BCUT2D eigenvalue weighted by Gasteiger charge is 2.32. The van der Waals surface area contributed by atoms with Crippen LogP contribution >= 0.6 is 0 Å². The molecule has 1 amide bonds. The van der Waals surface area contributed by atoms with Crippen molar-refractivity contribution in [2.75, 3.05) is 19.8 Å². The van der Waals surface area contributed by atoms with Gasteiger partial charge in [-0.3, -0.25) is 9.36 Å². The van der Waals surface area contributed by atoms with E-state index in [-0.39, 0.29) is 37.7 Å². The second-order valence-corrected chi connectivity index (χ2v) is 5.06. The Hall–Kier alpha value is -2.09. The molecule has 8 nitrogen and oxygen atoms in total. The molecule has 1 aromatic heterocycles. The van der Waals surface area contributed by atoms with Crippen LogP contribution in [0.5, 0.6) is 0 Å². The Kier molecular flexibility index (Phi) is 4.46. The highest BCUT2D eigenvalue weighted by atomic mass is 16.5. The first kappa shape index (κ1) is 15.3. The Morgan fingerprint density at radius 2 is 2.14 bits per heavy atom. The maximum atomic E-state index is 12.2. The van der Waals surface area contributed by atoms with E-state index in [0.29, 0.717) is 6.61 Å². The number of aromatic nitrogens is 2. The monoisotopic (exact) mass is 297 g/mol. The number of nitrogens with one attached hydrogen (secondary N) is 1. The molecule has 116 valence electrons. The van der Waals surface area contributed by atoms with Gasteiger partial charge in [0.1, 0.15) is 0 Å². The minimum Gasteiger partial charge on any atom is -0.480 e. The topological polar surface area (TPSA) is 105 Å². The van der Waals surface area contributed by atoms with Crippen molar-refractivity contribution in [1.82, 2.24) is 14.5 Å².